The second kappa shape index (κ2) is 6.80. The van der Waals surface area contributed by atoms with E-state index >= 15 is 0 Å². The van der Waals surface area contributed by atoms with Gasteiger partial charge in [-0.1, -0.05) is 6.92 Å². The molecule has 17 heavy (non-hydrogen) atoms. The number of rotatable bonds is 7. The summed E-state index contributed by atoms with van der Waals surface area (Å²) < 4.78 is 2.04. The van der Waals surface area contributed by atoms with Crippen molar-refractivity contribution in [1.82, 2.24) is 15.1 Å². The molecule has 0 amide bonds. The number of unbranched alkanes of at least 4 members (excludes halogenated alkanes) is 1. The third-order valence-corrected chi connectivity index (χ3v) is 2.69. The van der Waals surface area contributed by atoms with Crippen molar-refractivity contribution in [3.63, 3.8) is 0 Å². The summed E-state index contributed by atoms with van der Waals surface area (Å²) in [6.07, 6.45) is 8.96. The van der Waals surface area contributed by atoms with E-state index in [1.54, 1.807) is 0 Å². The zero-order valence-corrected chi connectivity index (χ0v) is 11.8. The number of aryl methyl sites for hydroxylation is 2. The van der Waals surface area contributed by atoms with Gasteiger partial charge in [-0.25, -0.2) is 0 Å². The molecule has 0 aliphatic rings. The maximum absolute atomic E-state index is 4.35. The van der Waals surface area contributed by atoms with Crippen LogP contribution in [0.5, 0.6) is 0 Å². The first-order chi connectivity index (χ1) is 8.01. The Morgan fingerprint density at radius 2 is 2.06 bits per heavy atom. The fourth-order valence-corrected chi connectivity index (χ4v) is 1.80. The number of nitrogens with one attached hydrogen (secondary N) is 1. The first kappa shape index (κ1) is 14.2. The average Bonchev–Trinajstić information content (AvgIpc) is 2.64. The Hall–Kier alpha value is -0.830. The summed E-state index contributed by atoms with van der Waals surface area (Å²) in [7, 11) is 0. The van der Waals surface area contributed by atoms with E-state index in [0.717, 1.165) is 25.9 Å². The van der Waals surface area contributed by atoms with Gasteiger partial charge in [-0.3, -0.25) is 4.68 Å². The highest BCUT2D eigenvalue weighted by molar-refractivity contribution is 5.03. The van der Waals surface area contributed by atoms with Gasteiger partial charge in [0.05, 0.1) is 6.20 Å². The third-order valence-electron chi connectivity index (χ3n) is 2.69. The van der Waals surface area contributed by atoms with Gasteiger partial charge < -0.3 is 5.32 Å². The summed E-state index contributed by atoms with van der Waals surface area (Å²) in [5.41, 5.74) is 1.61. The Morgan fingerprint density at radius 3 is 2.71 bits per heavy atom. The fraction of sp³-hybridized carbons (Fsp3) is 0.786. The topological polar surface area (TPSA) is 29.9 Å². The molecule has 1 aromatic rings. The third kappa shape index (κ3) is 6.47. The van der Waals surface area contributed by atoms with Crippen LogP contribution >= 0.6 is 0 Å². The molecular weight excluding hydrogens is 210 g/mol. The van der Waals surface area contributed by atoms with E-state index in [1.807, 2.05) is 10.9 Å². The molecule has 0 bridgehead atoms. The zero-order valence-electron chi connectivity index (χ0n) is 11.8. The summed E-state index contributed by atoms with van der Waals surface area (Å²) in [6.45, 7) is 10.9. The smallest absolute Gasteiger partial charge is 0.0521 e. The van der Waals surface area contributed by atoms with Crippen LogP contribution in [0.3, 0.4) is 0 Å². The molecule has 1 heterocycles. The van der Waals surface area contributed by atoms with Crippen molar-refractivity contribution in [3.8, 4) is 0 Å². The second-order valence-electron chi connectivity index (χ2n) is 5.75. The highest BCUT2D eigenvalue weighted by atomic mass is 15.3. The van der Waals surface area contributed by atoms with Crippen LogP contribution in [-0.4, -0.2) is 21.9 Å². The van der Waals surface area contributed by atoms with Gasteiger partial charge in [0.15, 0.2) is 0 Å². The summed E-state index contributed by atoms with van der Waals surface area (Å²) in [4.78, 5) is 0. The molecule has 0 fully saturated rings. The Kier molecular flexibility index (Phi) is 5.69. The first-order valence-electron chi connectivity index (χ1n) is 6.77. The minimum Gasteiger partial charge on any atom is -0.312 e. The molecule has 0 aromatic carbocycles. The highest BCUT2D eigenvalue weighted by Crippen LogP contribution is 2.05. The Balaban J connectivity index is 2.13. The molecule has 3 nitrogen and oxygen atoms in total. The van der Waals surface area contributed by atoms with Crippen LogP contribution in [0.4, 0.5) is 0 Å². The molecule has 98 valence electrons. The van der Waals surface area contributed by atoms with E-state index in [1.165, 1.54) is 18.4 Å². The van der Waals surface area contributed by atoms with Gasteiger partial charge in [-0.05, 0) is 58.6 Å². The van der Waals surface area contributed by atoms with E-state index in [4.69, 9.17) is 0 Å². The van der Waals surface area contributed by atoms with Crippen LogP contribution < -0.4 is 5.32 Å². The normalized spacial score (nSPS) is 12.0. The largest absolute Gasteiger partial charge is 0.312 e. The van der Waals surface area contributed by atoms with Crippen LogP contribution in [0, 0.1) is 0 Å². The second-order valence-corrected chi connectivity index (χ2v) is 5.75. The summed E-state index contributed by atoms with van der Waals surface area (Å²) >= 11 is 0. The monoisotopic (exact) mass is 237 g/mol. The Morgan fingerprint density at radius 1 is 1.29 bits per heavy atom. The van der Waals surface area contributed by atoms with Gasteiger partial charge in [0.1, 0.15) is 0 Å². The van der Waals surface area contributed by atoms with E-state index in [2.05, 4.69) is 44.3 Å². The molecular formula is C14H27N3. The maximum Gasteiger partial charge on any atom is 0.0521 e. The van der Waals surface area contributed by atoms with E-state index < -0.39 is 0 Å². The number of aromatic nitrogens is 2. The van der Waals surface area contributed by atoms with Gasteiger partial charge in [-0.2, -0.15) is 5.10 Å². The standard InChI is InChI=1S/C14H27N3/c1-5-10-17-12-13(11-16-17)8-6-7-9-15-14(2,3)4/h11-12,15H,5-10H2,1-4H3. The molecule has 0 radical (unpaired) electrons. The molecule has 1 aromatic heterocycles. The van der Waals surface area contributed by atoms with Crippen LogP contribution in [0.1, 0.15) is 52.5 Å². The molecule has 0 aliphatic carbocycles. The van der Waals surface area contributed by atoms with Crippen molar-refractivity contribution in [2.45, 2.75) is 65.5 Å². The lowest BCUT2D eigenvalue weighted by atomic mass is 10.1. The summed E-state index contributed by atoms with van der Waals surface area (Å²) in [5, 5.41) is 7.86. The minimum atomic E-state index is 0.242. The molecule has 3 heteroatoms. The number of hydrogen-bond donors (Lipinski definition) is 1. The Labute approximate surface area is 106 Å². The van der Waals surface area contributed by atoms with Gasteiger partial charge >= 0.3 is 0 Å². The average molecular weight is 237 g/mol. The van der Waals surface area contributed by atoms with Crippen molar-refractivity contribution in [3.05, 3.63) is 18.0 Å². The van der Waals surface area contributed by atoms with Gasteiger partial charge in [0, 0.05) is 18.3 Å². The van der Waals surface area contributed by atoms with E-state index in [-0.39, 0.29) is 5.54 Å². The molecule has 0 saturated heterocycles. The van der Waals surface area contributed by atoms with E-state index in [9.17, 15) is 0 Å². The maximum atomic E-state index is 4.35. The Bertz CT molecular complexity index is 310. The number of hydrogen-bond acceptors (Lipinski definition) is 2. The highest BCUT2D eigenvalue weighted by Gasteiger charge is 2.07. The van der Waals surface area contributed by atoms with Crippen molar-refractivity contribution in [2.24, 2.45) is 0 Å². The van der Waals surface area contributed by atoms with Gasteiger partial charge in [-0.15, -0.1) is 0 Å². The van der Waals surface area contributed by atoms with Crippen LogP contribution in [0.25, 0.3) is 0 Å². The van der Waals surface area contributed by atoms with Crippen molar-refractivity contribution in [1.29, 1.82) is 0 Å². The predicted molar refractivity (Wildman–Crippen MR) is 73.2 cm³/mol. The molecule has 0 atom stereocenters. The molecule has 0 spiro atoms. The minimum absolute atomic E-state index is 0.242. The molecule has 0 unspecified atom stereocenters. The van der Waals surface area contributed by atoms with Crippen LogP contribution in [0.15, 0.2) is 12.4 Å². The molecule has 1 rings (SSSR count). The first-order valence-corrected chi connectivity index (χ1v) is 6.77. The number of nitrogens with zero attached hydrogens (tertiary/aromatic N) is 2. The van der Waals surface area contributed by atoms with Crippen LogP contribution in [-0.2, 0) is 13.0 Å². The summed E-state index contributed by atoms with van der Waals surface area (Å²) in [5.74, 6) is 0. The lowest BCUT2D eigenvalue weighted by Gasteiger charge is -2.20. The quantitative estimate of drug-likeness (QED) is 0.739. The van der Waals surface area contributed by atoms with Crippen LogP contribution in [0.2, 0.25) is 0 Å². The fourth-order valence-electron chi connectivity index (χ4n) is 1.80. The SMILES string of the molecule is CCCn1cc(CCCCNC(C)(C)C)cn1. The zero-order chi connectivity index (χ0) is 12.7. The predicted octanol–water partition coefficient (Wildman–Crippen LogP) is 3.00. The van der Waals surface area contributed by atoms with Crippen molar-refractivity contribution < 1.29 is 0 Å². The van der Waals surface area contributed by atoms with Gasteiger partial charge in [0.2, 0.25) is 0 Å². The molecule has 0 aliphatic heterocycles. The van der Waals surface area contributed by atoms with Crippen molar-refractivity contribution in [2.75, 3.05) is 6.54 Å². The van der Waals surface area contributed by atoms with Crippen molar-refractivity contribution >= 4 is 0 Å². The lowest BCUT2D eigenvalue weighted by molar-refractivity contribution is 0.419. The molecule has 1 N–H and O–H groups in total. The van der Waals surface area contributed by atoms with E-state index in [0.29, 0.717) is 0 Å². The molecule has 0 saturated carbocycles. The summed E-state index contributed by atoms with van der Waals surface area (Å²) in [6, 6.07) is 0. The van der Waals surface area contributed by atoms with Gasteiger partial charge in [0.25, 0.3) is 0 Å². The lowest BCUT2D eigenvalue weighted by Crippen LogP contribution is -2.36.